The van der Waals surface area contributed by atoms with E-state index in [1.807, 2.05) is 28.8 Å². The predicted molar refractivity (Wildman–Crippen MR) is 106 cm³/mol. The Morgan fingerprint density at radius 3 is 2.78 bits per heavy atom. The van der Waals surface area contributed by atoms with Gasteiger partial charge in [-0.1, -0.05) is 6.07 Å². The molecule has 0 N–H and O–H groups in total. The zero-order valence-corrected chi connectivity index (χ0v) is 16.2. The summed E-state index contributed by atoms with van der Waals surface area (Å²) in [4.78, 5) is 9.27. The first kappa shape index (κ1) is 16.9. The lowest BCUT2D eigenvalue weighted by molar-refractivity contribution is 0.317. The van der Waals surface area contributed by atoms with Crippen LogP contribution in [0.25, 0.3) is 15.9 Å². The number of piperidine rings is 1. The van der Waals surface area contributed by atoms with E-state index >= 15 is 0 Å². The molecule has 27 heavy (non-hydrogen) atoms. The van der Waals surface area contributed by atoms with Crippen molar-refractivity contribution in [2.45, 2.75) is 23.7 Å². The molecule has 1 aliphatic heterocycles. The van der Waals surface area contributed by atoms with Gasteiger partial charge >= 0.3 is 0 Å². The maximum atomic E-state index is 13.0. The van der Waals surface area contributed by atoms with Crippen LogP contribution in [0.4, 0.5) is 0 Å². The summed E-state index contributed by atoms with van der Waals surface area (Å²) >= 11 is 1.46. The minimum absolute atomic E-state index is 0.292. The van der Waals surface area contributed by atoms with E-state index in [0.29, 0.717) is 23.9 Å². The third-order valence-electron chi connectivity index (χ3n) is 5.20. The van der Waals surface area contributed by atoms with Crippen LogP contribution in [0.5, 0.6) is 0 Å². The molecule has 0 spiro atoms. The van der Waals surface area contributed by atoms with Crippen molar-refractivity contribution in [1.29, 1.82) is 0 Å². The summed E-state index contributed by atoms with van der Waals surface area (Å²) in [5.41, 5.74) is 4.55. The molecule has 0 radical (unpaired) electrons. The fourth-order valence-electron chi connectivity index (χ4n) is 3.69. The lowest BCUT2D eigenvalue weighted by Crippen LogP contribution is -2.37. The number of fused-ring (bicyclic) bond motifs is 2. The van der Waals surface area contributed by atoms with E-state index in [9.17, 15) is 8.42 Å². The summed E-state index contributed by atoms with van der Waals surface area (Å²) in [6.07, 6.45) is 5.61. The van der Waals surface area contributed by atoms with E-state index in [-0.39, 0.29) is 0 Å². The van der Waals surface area contributed by atoms with Crippen molar-refractivity contribution in [1.82, 2.24) is 18.7 Å². The quantitative estimate of drug-likeness (QED) is 0.530. The number of hydrogen-bond acceptors (Lipinski definition) is 5. The van der Waals surface area contributed by atoms with Gasteiger partial charge in [-0.15, -0.1) is 11.3 Å². The van der Waals surface area contributed by atoms with Gasteiger partial charge in [-0.25, -0.2) is 18.4 Å². The van der Waals surface area contributed by atoms with Crippen LogP contribution in [0.3, 0.4) is 0 Å². The highest BCUT2D eigenvalue weighted by Crippen LogP contribution is 2.31. The number of benzene rings is 1. The van der Waals surface area contributed by atoms with E-state index in [4.69, 9.17) is 4.98 Å². The van der Waals surface area contributed by atoms with E-state index in [1.165, 1.54) is 11.3 Å². The number of thiazole rings is 1. The van der Waals surface area contributed by atoms with Gasteiger partial charge in [-0.2, -0.15) is 4.31 Å². The van der Waals surface area contributed by atoms with Crippen molar-refractivity contribution in [3.63, 3.8) is 0 Å². The molecule has 0 saturated carbocycles. The number of rotatable bonds is 3. The molecule has 4 heterocycles. The Morgan fingerprint density at radius 1 is 1.11 bits per heavy atom. The molecule has 5 rings (SSSR count). The Bertz CT molecular complexity index is 1190. The Kier molecular flexibility index (Phi) is 3.99. The topological polar surface area (TPSA) is 67.6 Å². The molecule has 1 fully saturated rings. The Labute approximate surface area is 161 Å². The van der Waals surface area contributed by atoms with Gasteiger partial charge in [-0.05, 0) is 43.2 Å². The molecule has 4 aromatic rings. The van der Waals surface area contributed by atoms with Crippen molar-refractivity contribution >= 4 is 37.2 Å². The number of aromatic nitrogens is 3. The first-order valence-electron chi connectivity index (χ1n) is 8.88. The largest absolute Gasteiger partial charge is 0.307 e. The highest BCUT2D eigenvalue weighted by atomic mass is 32.2. The lowest BCUT2D eigenvalue weighted by atomic mass is 9.95. The fraction of sp³-hybridized carbons (Fsp3) is 0.263. The van der Waals surface area contributed by atoms with Crippen LogP contribution in [0, 0.1) is 0 Å². The molecule has 3 aromatic heterocycles. The second-order valence-corrected chi connectivity index (χ2v) is 9.62. The Morgan fingerprint density at radius 2 is 1.96 bits per heavy atom. The van der Waals surface area contributed by atoms with E-state index in [2.05, 4.69) is 11.2 Å². The SMILES string of the molecule is O=S(=O)(c1ccc2ncsc2c1)N1CCC(c2cn3ccccc3n2)CC1. The Hall–Kier alpha value is -2.29. The van der Waals surface area contributed by atoms with Gasteiger partial charge in [0.2, 0.25) is 10.0 Å². The second kappa shape index (κ2) is 6.40. The fourth-order valence-corrected chi connectivity index (χ4v) is 5.98. The van der Waals surface area contributed by atoms with Gasteiger partial charge in [0.1, 0.15) is 5.65 Å². The summed E-state index contributed by atoms with van der Waals surface area (Å²) < 4.78 is 30.6. The third kappa shape index (κ3) is 2.93. The van der Waals surface area contributed by atoms with Crippen LogP contribution >= 0.6 is 11.3 Å². The van der Waals surface area contributed by atoms with Gasteiger partial charge < -0.3 is 4.40 Å². The van der Waals surface area contributed by atoms with Gasteiger partial charge in [-0.3, -0.25) is 0 Å². The summed E-state index contributed by atoms with van der Waals surface area (Å²) in [5, 5.41) is 0. The molecule has 8 heteroatoms. The van der Waals surface area contributed by atoms with Crippen molar-refractivity contribution in [2.24, 2.45) is 0 Å². The van der Waals surface area contributed by atoms with Crippen molar-refractivity contribution in [2.75, 3.05) is 13.1 Å². The smallest absolute Gasteiger partial charge is 0.243 e. The minimum atomic E-state index is -3.48. The van der Waals surface area contributed by atoms with E-state index in [1.54, 1.807) is 28.0 Å². The van der Waals surface area contributed by atoms with Gasteiger partial charge in [0.25, 0.3) is 0 Å². The van der Waals surface area contributed by atoms with Crippen molar-refractivity contribution in [3.05, 3.63) is 60.0 Å². The summed E-state index contributed by atoms with van der Waals surface area (Å²) in [5.74, 6) is 0.292. The van der Waals surface area contributed by atoms with Crippen LogP contribution in [0.2, 0.25) is 0 Å². The van der Waals surface area contributed by atoms with Crippen LogP contribution in [0.1, 0.15) is 24.5 Å². The van der Waals surface area contributed by atoms with Crippen LogP contribution < -0.4 is 0 Å². The van der Waals surface area contributed by atoms with Crippen LogP contribution in [0.15, 0.2) is 59.2 Å². The van der Waals surface area contributed by atoms with Gasteiger partial charge in [0, 0.05) is 31.4 Å². The average molecular weight is 399 g/mol. The number of sulfonamides is 1. The maximum Gasteiger partial charge on any atom is 0.243 e. The zero-order chi connectivity index (χ0) is 18.4. The molecular formula is C19H18N4O2S2. The lowest BCUT2D eigenvalue weighted by Gasteiger charge is -2.30. The molecule has 138 valence electrons. The maximum absolute atomic E-state index is 13.0. The molecule has 0 amide bonds. The molecule has 0 bridgehead atoms. The number of nitrogens with zero attached hydrogens (tertiary/aromatic N) is 4. The van der Waals surface area contributed by atoms with E-state index in [0.717, 1.165) is 34.4 Å². The van der Waals surface area contributed by atoms with Crippen molar-refractivity contribution < 1.29 is 8.42 Å². The first-order valence-corrected chi connectivity index (χ1v) is 11.2. The molecular weight excluding hydrogens is 380 g/mol. The van der Waals surface area contributed by atoms with Crippen molar-refractivity contribution in [3.8, 4) is 0 Å². The average Bonchev–Trinajstić information content (AvgIpc) is 3.34. The highest BCUT2D eigenvalue weighted by molar-refractivity contribution is 7.89. The highest BCUT2D eigenvalue weighted by Gasteiger charge is 2.31. The van der Waals surface area contributed by atoms with Crippen LogP contribution in [-0.2, 0) is 10.0 Å². The summed E-state index contributed by atoms with van der Waals surface area (Å²) in [6.45, 7) is 1.03. The minimum Gasteiger partial charge on any atom is -0.307 e. The molecule has 6 nitrogen and oxygen atoms in total. The predicted octanol–water partition coefficient (Wildman–Crippen LogP) is 3.51. The van der Waals surface area contributed by atoms with E-state index < -0.39 is 10.0 Å². The van der Waals surface area contributed by atoms with Gasteiger partial charge in [0.05, 0.1) is 26.3 Å². The molecule has 0 unspecified atom stereocenters. The number of hydrogen-bond donors (Lipinski definition) is 0. The Balaban J connectivity index is 1.35. The second-order valence-electron chi connectivity index (χ2n) is 6.79. The molecule has 0 atom stereocenters. The third-order valence-corrected chi connectivity index (χ3v) is 7.88. The van der Waals surface area contributed by atoms with Gasteiger partial charge in [0.15, 0.2) is 0 Å². The zero-order valence-electron chi connectivity index (χ0n) is 14.5. The molecule has 1 aromatic carbocycles. The number of imidazole rings is 1. The normalized spacial score (nSPS) is 17.0. The molecule has 0 aliphatic carbocycles. The monoisotopic (exact) mass is 398 g/mol. The summed E-state index contributed by atoms with van der Waals surface area (Å²) in [7, 11) is -3.48. The standard InChI is InChI=1S/C19H18N4O2S2/c24-27(25,15-4-5-16-18(11-15)26-13-20-16)23-9-6-14(7-10-23)17-12-22-8-2-1-3-19(22)21-17/h1-5,8,11-14H,6-7,9-10H2. The first-order chi connectivity index (χ1) is 13.1. The van der Waals surface area contributed by atoms with Crippen LogP contribution in [-0.4, -0.2) is 40.2 Å². The summed E-state index contributed by atoms with van der Waals surface area (Å²) in [6, 6.07) is 11.1. The molecule has 1 saturated heterocycles. The molecule has 1 aliphatic rings. The number of pyridine rings is 1.